The van der Waals surface area contributed by atoms with Crippen molar-refractivity contribution in [2.45, 2.75) is 12.8 Å². The Morgan fingerprint density at radius 2 is 2.22 bits per heavy atom. The minimum atomic E-state index is 0.122. The van der Waals surface area contributed by atoms with Gasteiger partial charge in [-0.3, -0.25) is 0 Å². The first-order valence-electron chi connectivity index (χ1n) is 5.80. The van der Waals surface area contributed by atoms with Gasteiger partial charge in [0.2, 0.25) is 0 Å². The van der Waals surface area contributed by atoms with Crippen LogP contribution in [0.15, 0.2) is 34.9 Å². The van der Waals surface area contributed by atoms with Crippen molar-refractivity contribution in [1.29, 1.82) is 0 Å². The van der Waals surface area contributed by atoms with Gasteiger partial charge >= 0.3 is 0 Å². The van der Waals surface area contributed by atoms with Gasteiger partial charge in [-0.15, -0.1) is 11.3 Å². The number of benzene rings is 1. The van der Waals surface area contributed by atoms with E-state index in [1.807, 2.05) is 19.1 Å². The maximum Gasteiger partial charge on any atom is 0.268 e. The molecule has 5 heteroatoms. The minimum Gasteiger partial charge on any atom is -0.333 e. The van der Waals surface area contributed by atoms with Gasteiger partial charge < -0.3 is 10.3 Å². The number of nitrogens with two attached hydrogens (primary N) is 1. The standard InChI is InChI=1S/C13H13N3OS/c1-8(7-14)12-15-13(17-16-12)11-6-9-4-2-3-5-10(9)18-11/h2-6,8H,7,14H2,1H3. The lowest BCUT2D eigenvalue weighted by atomic mass is 10.2. The minimum absolute atomic E-state index is 0.122. The number of rotatable bonds is 3. The van der Waals surface area contributed by atoms with Gasteiger partial charge in [0.25, 0.3) is 5.89 Å². The highest BCUT2D eigenvalue weighted by atomic mass is 32.1. The summed E-state index contributed by atoms with van der Waals surface area (Å²) in [5, 5.41) is 5.17. The monoisotopic (exact) mass is 259 g/mol. The molecule has 1 aromatic carbocycles. The zero-order chi connectivity index (χ0) is 12.5. The van der Waals surface area contributed by atoms with Crippen molar-refractivity contribution >= 4 is 21.4 Å². The molecule has 18 heavy (non-hydrogen) atoms. The van der Waals surface area contributed by atoms with E-state index in [-0.39, 0.29) is 5.92 Å². The van der Waals surface area contributed by atoms with Crippen LogP contribution in [-0.2, 0) is 0 Å². The predicted octanol–water partition coefficient (Wildman–Crippen LogP) is 3.01. The first kappa shape index (κ1) is 11.4. The molecule has 0 amide bonds. The summed E-state index contributed by atoms with van der Waals surface area (Å²) in [6.45, 7) is 2.50. The SMILES string of the molecule is CC(CN)c1noc(-c2cc3ccccc3s2)n1. The zero-order valence-electron chi connectivity index (χ0n) is 9.96. The number of hydrogen-bond acceptors (Lipinski definition) is 5. The summed E-state index contributed by atoms with van der Waals surface area (Å²) in [5.74, 6) is 1.37. The predicted molar refractivity (Wildman–Crippen MR) is 72.6 cm³/mol. The molecule has 0 aliphatic rings. The highest BCUT2D eigenvalue weighted by molar-refractivity contribution is 7.22. The lowest BCUT2D eigenvalue weighted by Crippen LogP contribution is -2.10. The van der Waals surface area contributed by atoms with Crippen molar-refractivity contribution in [3.05, 3.63) is 36.2 Å². The molecule has 3 rings (SSSR count). The number of fused-ring (bicyclic) bond motifs is 1. The molecule has 1 atom stereocenters. The molecular formula is C13H13N3OS. The van der Waals surface area contributed by atoms with E-state index in [0.717, 1.165) is 4.88 Å². The van der Waals surface area contributed by atoms with E-state index in [1.54, 1.807) is 11.3 Å². The van der Waals surface area contributed by atoms with Crippen LogP contribution < -0.4 is 5.73 Å². The van der Waals surface area contributed by atoms with Gasteiger partial charge in [-0.1, -0.05) is 30.3 Å². The molecule has 2 N–H and O–H groups in total. The maximum absolute atomic E-state index is 5.59. The van der Waals surface area contributed by atoms with Crippen LogP contribution in [0.2, 0.25) is 0 Å². The van der Waals surface area contributed by atoms with Crippen LogP contribution in [0.3, 0.4) is 0 Å². The molecule has 0 radical (unpaired) electrons. The third-order valence-electron chi connectivity index (χ3n) is 2.87. The van der Waals surface area contributed by atoms with E-state index >= 15 is 0 Å². The van der Waals surface area contributed by atoms with Crippen LogP contribution in [-0.4, -0.2) is 16.7 Å². The van der Waals surface area contributed by atoms with E-state index in [2.05, 4.69) is 28.3 Å². The number of thiophene rings is 1. The first-order valence-corrected chi connectivity index (χ1v) is 6.62. The third kappa shape index (κ3) is 1.91. The molecule has 1 unspecified atom stereocenters. The zero-order valence-corrected chi connectivity index (χ0v) is 10.8. The topological polar surface area (TPSA) is 64.9 Å². The largest absolute Gasteiger partial charge is 0.333 e. The van der Waals surface area contributed by atoms with E-state index in [0.29, 0.717) is 18.3 Å². The van der Waals surface area contributed by atoms with Crippen LogP contribution in [0.4, 0.5) is 0 Å². The van der Waals surface area contributed by atoms with Crippen molar-refractivity contribution in [2.75, 3.05) is 6.54 Å². The molecule has 0 aliphatic heterocycles. The Morgan fingerprint density at radius 1 is 1.39 bits per heavy atom. The van der Waals surface area contributed by atoms with E-state index in [4.69, 9.17) is 10.3 Å². The van der Waals surface area contributed by atoms with Gasteiger partial charge in [0.15, 0.2) is 5.82 Å². The van der Waals surface area contributed by atoms with Gasteiger partial charge in [0, 0.05) is 17.2 Å². The molecule has 0 fully saturated rings. The summed E-state index contributed by atoms with van der Waals surface area (Å²) < 4.78 is 6.52. The van der Waals surface area contributed by atoms with Gasteiger partial charge in [0.05, 0.1) is 4.88 Å². The lowest BCUT2D eigenvalue weighted by molar-refractivity contribution is 0.418. The quantitative estimate of drug-likeness (QED) is 0.785. The molecule has 0 bridgehead atoms. The summed E-state index contributed by atoms with van der Waals surface area (Å²) in [5.41, 5.74) is 5.59. The summed E-state index contributed by atoms with van der Waals surface area (Å²) in [6, 6.07) is 10.3. The van der Waals surface area contributed by atoms with Crippen LogP contribution >= 0.6 is 11.3 Å². The fourth-order valence-corrected chi connectivity index (χ4v) is 2.71. The lowest BCUT2D eigenvalue weighted by Gasteiger charge is -1.98. The van der Waals surface area contributed by atoms with Crippen LogP contribution in [0.25, 0.3) is 20.9 Å². The Bertz CT molecular complexity index is 640. The first-order chi connectivity index (χ1) is 8.78. The molecule has 4 nitrogen and oxygen atoms in total. The van der Waals surface area contributed by atoms with Crippen molar-refractivity contribution in [2.24, 2.45) is 5.73 Å². The van der Waals surface area contributed by atoms with Gasteiger partial charge in [-0.25, -0.2) is 0 Å². The normalized spacial score (nSPS) is 13.0. The molecular weight excluding hydrogens is 246 g/mol. The van der Waals surface area contributed by atoms with Gasteiger partial charge in [0.1, 0.15) is 0 Å². The molecule has 0 saturated carbocycles. The van der Waals surface area contributed by atoms with Gasteiger partial charge in [-0.2, -0.15) is 4.98 Å². The second kappa shape index (κ2) is 4.51. The van der Waals surface area contributed by atoms with E-state index in [9.17, 15) is 0 Å². The van der Waals surface area contributed by atoms with Gasteiger partial charge in [-0.05, 0) is 17.5 Å². The summed E-state index contributed by atoms with van der Waals surface area (Å²) in [7, 11) is 0. The van der Waals surface area contributed by atoms with E-state index in [1.165, 1.54) is 10.1 Å². The fraction of sp³-hybridized carbons (Fsp3) is 0.231. The Morgan fingerprint density at radius 3 is 3.00 bits per heavy atom. The Kier molecular flexibility index (Phi) is 2.85. The summed E-state index contributed by atoms with van der Waals surface area (Å²) in [6.07, 6.45) is 0. The van der Waals surface area contributed by atoms with Crippen molar-refractivity contribution in [3.63, 3.8) is 0 Å². The number of hydrogen-bond donors (Lipinski definition) is 1. The van der Waals surface area contributed by atoms with Crippen molar-refractivity contribution in [3.8, 4) is 10.8 Å². The second-order valence-electron chi connectivity index (χ2n) is 4.24. The molecule has 0 saturated heterocycles. The Balaban J connectivity index is 2.01. The smallest absolute Gasteiger partial charge is 0.268 e. The maximum atomic E-state index is 5.59. The summed E-state index contributed by atoms with van der Waals surface area (Å²) >= 11 is 1.66. The van der Waals surface area contributed by atoms with Crippen LogP contribution in [0.5, 0.6) is 0 Å². The summed E-state index contributed by atoms with van der Waals surface area (Å²) in [4.78, 5) is 5.40. The molecule has 2 heterocycles. The number of nitrogens with zero attached hydrogens (tertiary/aromatic N) is 2. The molecule has 0 spiro atoms. The Labute approximate surface area is 108 Å². The fourth-order valence-electron chi connectivity index (χ4n) is 1.73. The highest BCUT2D eigenvalue weighted by Gasteiger charge is 2.15. The molecule has 92 valence electrons. The molecule has 2 aromatic heterocycles. The molecule has 0 aliphatic carbocycles. The van der Waals surface area contributed by atoms with E-state index < -0.39 is 0 Å². The number of aromatic nitrogens is 2. The van der Waals surface area contributed by atoms with Crippen LogP contribution in [0.1, 0.15) is 18.7 Å². The van der Waals surface area contributed by atoms with Crippen molar-refractivity contribution in [1.82, 2.24) is 10.1 Å². The third-order valence-corrected chi connectivity index (χ3v) is 3.98. The highest BCUT2D eigenvalue weighted by Crippen LogP contribution is 2.32. The average Bonchev–Trinajstić information content (AvgIpc) is 3.03. The average molecular weight is 259 g/mol. The second-order valence-corrected chi connectivity index (χ2v) is 5.33. The van der Waals surface area contributed by atoms with Crippen molar-refractivity contribution < 1.29 is 4.52 Å². The van der Waals surface area contributed by atoms with Crippen LogP contribution in [0, 0.1) is 0 Å². The Hall–Kier alpha value is -1.72. The molecule has 3 aromatic rings.